The standard InChI is InChI=1S/2C13H27.Cr.2H2O.2O.H3Si/c2*1-3-5-7-9-11-13-12-10-8-6-4-2;;;;;;/h2*1,3-13H2,2H3;;2*1H2;;;1H3/q;;+2;;;;;/p-2. The normalized spacial score (nSPS) is 15.8. The molecule has 0 radical (unpaired) electrons. The first-order valence-corrected chi connectivity index (χ1v) is 22.7. The van der Waals surface area contributed by atoms with Crippen LogP contribution in [0.3, 0.4) is 0 Å². The summed E-state index contributed by atoms with van der Waals surface area (Å²) in [5.74, 6) is 0. The van der Waals surface area contributed by atoms with E-state index in [1.807, 2.05) is 0 Å². The van der Waals surface area contributed by atoms with Crippen molar-refractivity contribution in [2.75, 3.05) is 0 Å². The van der Waals surface area contributed by atoms with Crippen LogP contribution in [0.15, 0.2) is 0 Å². The maximum atomic E-state index is 13.1. The maximum absolute atomic E-state index is 13.1. The molecule has 6 heteroatoms. The summed E-state index contributed by atoms with van der Waals surface area (Å²) in [6.45, 7) is 4.46. The zero-order valence-corrected chi connectivity index (χ0v) is 25.4. The second-order valence-corrected chi connectivity index (χ2v) is 32.3. The van der Waals surface area contributed by atoms with Crippen molar-refractivity contribution >= 4 is 8.80 Å². The van der Waals surface area contributed by atoms with Crippen LogP contribution in [0.5, 0.6) is 0 Å². The number of rotatable bonds is 24. The van der Waals surface area contributed by atoms with E-state index in [0.29, 0.717) is 12.8 Å². The smallest absolute Gasteiger partial charge is 0.0654 e. The predicted molar refractivity (Wildman–Crippen MR) is 138 cm³/mol. The van der Waals surface area contributed by atoms with Gasteiger partial charge < -0.3 is 0 Å². The van der Waals surface area contributed by atoms with Crippen LogP contribution in [0.2, 0.25) is 10.6 Å². The van der Waals surface area contributed by atoms with E-state index in [1.165, 1.54) is 89.9 Å². The van der Waals surface area contributed by atoms with E-state index in [4.69, 9.17) is 0 Å². The second kappa shape index (κ2) is 14.0. The van der Waals surface area contributed by atoms with Crippen LogP contribution in [0.4, 0.5) is 0 Å². The summed E-state index contributed by atoms with van der Waals surface area (Å²) in [6.07, 6.45) is 24.6. The van der Waals surface area contributed by atoms with Crippen molar-refractivity contribution in [3.63, 3.8) is 0 Å². The fourth-order valence-corrected chi connectivity index (χ4v) is 11.0. The summed E-state index contributed by atoms with van der Waals surface area (Å²) in [6, 6.07) is 0. The minimum atomic E-state index is -7.38. The molecule has 0 unspecified atom stereocenters. The van der Waals surface area contributed by atoms with E-state index in [-0.39, 0.29) is 0 Å². The van der Waals surface area contributed by atoms with Gasteiger partial charge in [-0.3, -0.25) is 0 Å². The van der Waals surface area contributed by atoms with Crippen LogP contribution in [0.1, 0.15) is 155 Å². The van der Waals surface area contributed by atoms with E-state index in [1.54, 1.807) is 0 Å². The summed E-state index contributed by atoms with van der Waals surface area (Å²) in [4.78, 5) is 0. The molecular formula is C26H59CrO4Si. The van der Waals surface area contributed by atoms with Crippen LogP contribution in [0, 0.1) is 0 Å². The summed E-state index contributed by atoms with van der Waals surface area (Å²) >= 11 is 0. The van der Waals surface area contributed by atoms with Crippen LogP contribution < -0.4 is 0 Å². The molecule has 0 saturated carbocycles. The Morgan fingerprint density at radius 3 is 0.844 bits per heavy atom. The van der Waals surface area contributed by atoms with E-state index in [2.05, 4.69) is 13.8 Å². The molecule has 0 aromatic heterocycles. The van der Waals surface area contributed by atoms with Crippen LogP contribution in [-0.2, 0) is 17.4 Å². The molecule has 0 aromatic rings. The molecule has 0 rings (SSSR count). The molecular weight excluding hydrogens is 456 g/mol. The predicted octanol–water partition coefficient (Wildman–Crippen LogP) is 7.99. The van der Waals surface area contributed by atoms with Crippen molar-refractivity contribution in [2.24, 2.45) is 0 Å². The molecule has 0 bridgehead atoms. The first-order chi connectivity index (χ1) is 14.8. The van der Waals surface area contributed by atoms with Gasteiger partial charge in [-0.25, -0.2) is 0 Å². The van der Waals surface area contributed by atoms with Gasteiger partial charge in [0.15, 0.2) is 0 Å². The van der Waals surface area contributed by atoms with Gasteiger partial charge in [-0.2, -0.15) is 0 Å². The van der Waals surface area contributed by atoms with Crippen molar-refractivity contribution < 1.29 is 25.7 Å². The molecule has 0 aliphatic heterocycles. The molecule has 0 aliphatic rings. The van der Waals surface area contributed by atoms with Gasteiger partial charge in [0.05, 0.1) is 0 Å². The number of unbranched alkanes of at least 4 members (excludes halogenated alkanes) is 20. The Bertz CT molecular complexity index is 617. The Morgan fingerprint density at radius 1 is 0.438 bits per heavy atom. The molecule has 0 fully saturated rings. The Hall–Kier alpha value is 0.269. The molecule has 0 atom stereocenters. The summed E-state index contributed by atoms with van der Waals surface area (Å²) in [5, 5.41) is -0.871. The molecule has 0 saturated heterocycles. The van der Waals surface area contributed by atoms with Crippen LogP contribution in [0.25, 0.3) is 0 Å². The third-order valence-electron chi connectivity index (χ3n) is 6.89. The zero-order chi connectivity index (χ0) is 24.3. The Balaban J connectivity index is 3.90. The van der Waals surface area contributed by atoms with Gasteiger partial charge in [-0.05, 0) is 0 Å². The van der Waals surface area contributed by atoms with Crippen molar-refractivity contribution in [2.45, 2.75) is 166 Å². The molecule has 0 heterocycles. The van der Waals surface area contributed by atoms with Crippen LogP contribution in [-0.4, -0.2) is 17.1 Å². The van der Waals surface area contributed by atoms with Gasteiger partial charge in [-0.15, -0.1) is 0 Å². The van der Waals surface area contributed by atoms with Crippen molar-refractivity contribution in [3.05, 3.63) is 0 Å². The van der Waals surface area contributed by atoms with E-state index in [0.717, 1.165) is 38.5 Å². The van der Waals surface area contributed by atoms with Crippen molar-refractivity contribution in [1.82, 2.24) is 0 Å². The molecule has 197 valence electrons. The topological polar surface area (TPSA) is 74.6 Å². The van der Waals surface area contributed by atoms with Gasteiger partial charge in [0.2, 0.25) is 0 Å². The Kier molecular flexibility index (Phi) is 14.1. The van der Waals surface area contributed by atoms with E-state index < -0.39 is 29.1 Å². The quantitative estimate of drug-likeness (QED) is 0.101. The zero-order valence-electron chi connectivity index (χ0n) is 22.1. The first kappa shape index (κ1) is 32.3. The first-order valence-electron chi connectivity index (χ1n) is 14.1. The molecule has 2 N–H and O–H groups in total. The van der Waals surface area contributed by atoms with Crippen LogP contribution >= 0.6 is 0 Å². The molecule has 0 spiro atoms. The minimum Gasteiger partial charge on any atom is -0.0654 e. The molecule has 0 aromatic carbocycles. The third kappa shape index (κ3) is 22.1. The average Bonchev–Trinajstić information content (AvgIpc) is 2.69. The second-order valence-electron chi connectivity index (χ2n) is 11.4. The number of hydrogen-bond donors (Lipinski definition) is 2. The summed E-state index contributed by atoms with van der Waals surface area (Å²) in [5.41, 5.74) is 0. The van der Waals surface area contributed by atoms with Crippen molar-refractivity contribution in [1.29, 1.82) is 0 Å². The Labute approximate surface area is 199 Å². The minimum absolute atomic E-state index is 0.375. The summed E-state index contributed by atoms with van der Waals surface area (Å²) in [7, 11) is -7.95. The molecule has 32 heavy (non-hydrogen) atoms. The van der Waals surface area contributed by atoms with Gasteiger partial charge in [-0.1, -0.05) is 13.8 Å². The fraction of sp³-hybridized carbons (Fsp3) is 1.00. The number of hydrogen-bond acceptors (Lipinski definition) is 2. The summed E-state index contributed by atoms with van der Waals surface area (Å²) < 4.78 is 47.6. The van der Waals surface area contributed by atoms with E-state index >= 15 is 0 Å². The monoisotopic (exact) mass is 515 g/mol. The SMILES string of the molecule is CCCCCCCCCCCC[CH2][Cr](=[O])(=[O])([OH])([OH])([SiH3])[CH2]CCCCCCCCCCCC. The molecule has 0 aliphatic carbocycles. The van der Waals surface area contributed by atoms with Gasteiger partial charge in [0.25, 0.3) is 0 Å². The molecule has 0 amide bonds. The van der Waals surface area contributed by atoms with Gasteiger partial charge >= 0.3 is 186 Å². The van der Waals surface area contributed by atoms with Crippen molar-refractivity contribution in [3.8, 4) is 0 Å². The van der Waals surface area contributed by atoms with Gasteiger partial charge in [0, 0.05) is 0 Å². The fourth-order valence-electron chi connectivity index (χ4n) is 4.62. The third-order valence-corrected chi connectivity index (χ3v) is 15.5. The molecule has 4 nitrogen and oxygen atoms in total. The van der Waals surface area contributed by atoms with E-state index in [9.17, 15) is 15.9 Å². The average molecular weight is 516 g/mol. The van der Waals surface area contributed by atoms with Gasteiger partial charge in [0.1, 0.15) is 0 Å². The Morgan fingerprint density at radius 2 is 0.625 bits per heavy atom.